The summed E-state index contributed by atoms with van der Waals surface area (Å²) in [4.78, 5) is 73.1. The summed E-state index contributed by atoms with van der Waals surface area (Å²) in [6, 6.07) is 0. The van der Waals surface area contributed by atoms with Gasteiger partial charge in [0.1, 0.15) is 19.3 Å². The maximum Gasteiger partial charge on any atom is 0.472 e. The number of hydrogen-bond acceptors (Lipinski definition) is 15. The molecule has 0 saturated heterocycles. The first-order valence-corrected chi connectivity index (χ1v) is 45.4. The zero-order valence-corrected chi connectivity index (χ0v) is 68.2. The van der Waals surface area contributed by atoms with E-state index in [0.29, 0.717) is 25.7 Å². The Morgan fingerprint density at radius 3 is 0.752 bits per heavy atom. The highest BCUT2D eigenvalue weighted by molar-refractivity contribution is 7.47. The topological polar surface area (TPSA) is 237 Å². The van der Waals surface area contributed by atoms with Gasteiger partial charge in [0.25, 0.3) is 0 Å². The van der Waals surface area contributed by atoms with Gasteiger partial charge in [-0.05, 0) is 43.4 Å². The molecule has 0 spiro atoms. The van der Waals surface area contributed by atoms with Gasteiger partial charge < -0.3 is 33.8 Å². The van der Waals surface area contributed by atoms with Crippen molar-refractivity contribution < 1.29 is 80.2 Å². The van der Waals surface area contributed by atoms with E-state index in [1.807, 2.05) is 0 Å². The Balaban J connectivity index is 5.26. The quantitative estimate of drug-likeness (QED) is 0.0222. The monoisotopic (exact) mass is 1480 g/mol. The van der Waals surface area contributed by atoms with Gasteiger partial charge in [-0.25, -0.2) is 9.13 Å². The molecule has 600 valence electrons. The first kappa shape index (κ1) is 99.1. The number of esters is 4. The summed E-state index contributed by atoms with van der Waals surface area (Å²) in [6.45, 7) is 12.0. The summed E-state index contributed by atoms with van der Waals surface area (Å²) < 4.78 is 68.8. The van der Waals surface area contributed by atoms with Crippen LogP contribution < -0.4 is 0 Å². The molecule has 0 heterocycles. The second kappa shape index (κ2) is 72.3. The third-order valence-corrected chi connectivity index (χ3v) is 21.4. The van der Waals surface area contributed by atoms with Crippen LogP contribution >= 0.6 is 15.6 Å². The number of unbranched alkanes of at least 4 members (excludes halogenated alkanes) is 47. The van der Waals surface area contributed by atoms with Crippen LogP contribution in [0.1, 0.15) is 427 Å². The van der Waals surface area contributed by atoms with Crippen LogP contribution in [0.25, 0.3) is 0 Å². The highest BCUT2D eigenvalue weighted by Gasteiger charge is 2.30. The van der Waals surface area contributed by atoms with Crippen LogP contribution in [0.2, 0.25) is 0 Å². The number of carbonyl (C=O) groups excluding carboxylic acids is 4. The molecule has 3 N–H and O–H groups in total. The molecule has 0 saturated carbocycles. The molecule has 0 fully saturated rings. The van der Waals surface area contributed by atoms with Gasteiger partial charge in [0.15, 0.2) is 12.2 Å². The Labute approximate surface area is 619 Å². The number of aliphatic hydroxyl groups excluding tert-OH is 1. The van der Waals surface area contributed by atoms with E-state index in [0.717, 1.165) is 108 Å². The van der Waals surface area contributed by atoms with E-state index in [2.05, 4.69) is 48.5 Å². The van der Waals surface area contributed by atoms with Crippen LogP contribution in [-0.2, 0) is 65.4 Å². The van der Waals surface area contributed by atoms with Gasteiger partial charge >= 0.3 is 39.5 Å². The van der Waals surface area contributed by atoms with E-state index >= 15 is 0 Å². The van der Waals surface area contributed by atoms with Gasteiger partial charge in [0.2, 0.25) is 0 Å². The number of ether oxygens (including phenoxy) is 4. The van der Waals surface area contributed by atoms with Gasteiger partial charge in [-0.15, -0.1) is 0 Å². The number of aliphatic hydroxyl groups is 1. The van der Waals surface area contributed by atoms with E-state index in [1.165, 1.54) is 238 Å². The van der Waals surface area contributed by atoms with Gasteiger partial charge in [0.05, 0.1) is 26.4 Å². The zero-order valence-electron chi connectivity index (χ0n) is 66.4. The van der Waals surface area contributed by atoms with Crippen molar-refractivity contribution in [3.05, 3.63) is 0 Å². The molecule has 0 aromatic heterocycles. The molecular weight excluding hydrogens is 1320 g/mol. The molecule has 6 atom stereocenters. The molecule has 0 aliphatic heterocycles. The van der Waals surface area contributed by atoms with Crippen LogP contribution in [0.5, 0.6) is 0 Å². The molecular formula is C82H160O17P2. The van der Waals surface area contributed by atoms with Crippen LogP contribution in [0.3, 0.4) is 0 Å². The van der Waals surface area contributed by atoms with Crippen molar-refractivity contribution in [2.45, 2.75) is 446 Å². The smallest absolute Gasteiger partial charge is 0.462 e. The lowest BCUT2D eigenvalue weighted by molar-refractivity contribution is -0.161. The van der Waals surface area contributed by atoms with E-state index in [4.69, 9.17) is 37.0 Å². The summed E-state index contributed by atoms with van der Waals surface area (Å²) in [7, 11) is -9.92. The molecule has 0 aliphatic carbocycles. The normalized spacial score (nSPS) is 14.2. The molecule has 19 heteroatoms. The average Bonchev–Trinajstić information content (AvgIpc) is 0.936. The van der Waals surface area contributed by atoms with E-state index in [9.17, 15) is 43.2 Å². The van der Waals surface area contributed by atoms with Crippen LogP contribution in [0.15, 0.2) is 0 Å². The summed E-state index contributed by atoms with van der Waals surface area (Å²) in [5.41, 5.74) is 0. The molecule has 101 heavy (non-hydrogen) atoms. The zero-order chi connectivity index (χ0) is 74.4. The molecule has 3 unspecified atom stereocenters. The van der Waals surface area contributed by atoms with E-state index in [-0.39, 0.29) is 25.7 Å². The SMILES string of the molecule is CCCCCCCCCCCCCCCCC(=O)O[C@H](COC(=O)CCCCCCCCCCC(C)CC)COP(=O)(O)OC[C@H](O)COP(=O)(O)OC[C@@H](COC(=O)CCCCCCCCCCCCCCCC(C)C)OC(=O)CCCCCCCCCCCCCCCCCCC(C)C. The highest BCUT2D eigenvalue weighted by atomic mass is 31.2. The fraction of sp³-hybridized carbons (Fsp3) is 0.951. The second-order valence-corrected chi connectivity index (χ2v) is 33.6. The van der Waals surface area contributed by atoms with Crippen molar-refractivity contribution in [2.75, 3.05) is 39.6 Å². The van der Waals surface area contributed by atoms with Gasteiger partial charge in [-0.3, -0.25) is 37.3 Å². The van der Waals surface area contributed by atoms with Crippen molar-refractivity contribution in [1.29, 1.82) is 0 Å². The molecule has 0 radical (unpaired) electrons. The molecule has 0 aliphatic rings. The van der Waals surface area contributed by atoms with E-state index < -0.39 is 97.5 Å². The summed E-state index contributed by atoms with van der Waals surface area (Å²) in [5, 5.41) is 10.7. The van der Waals surface area contributed by atoms with Crippen molar-refractivity contribution >= 4 is 39.5 Å². The molecule has 0 rings (SSSR count). The van der Waals surface area contributed by atoms with Gasteiger partial charge in [-0.2, -0.15) is 0 Å². The maximum absolute atomic E-state index is 13.1. The summed E-state index contributed by atoms with van der Waals surface area (Å²) in [6.07, 6.45) is 60.9. The van der Waals surface area contributed by atoms with Crippen LogP contribution in [0.4, 0.5) is 0 Å². The average molecular weight is 1480 g/mol. The largest absolute Gasteiger partial charge is 0.472 e. The van der Waals surface area contributed by atoms with Crippen LogP contribution in [-0.4, -0.2) is 96.7 Å². The Hall–Kier alpha value is -1.94. The number of hydrogen-bond donors (Lipinski definition) is 3. The fourth-order valence-corrected chi connectivity index (χ4v) is 14.2. The minimum absolute atomic E-state index is 0.107. The molecule has 17 nitrogen and oxygen atoms in total. The third kappa shape index (κ3) is 74.7. The Morgan fingerprint density at radius 1 is 0.287 bits per heavy atom. The number of carbonyl (C=O) groups is 4. The Bertz CT molecular complexity index is 1960. The fourth-order valence-electron chi connectivity index (χ4n) is 12.6. The molecule has 0 bridgehead atoms. The Kier molecular flexibility index (Phi) is 70.9. The number of rotatable bonds is 80. The standard InChI is InChI=1S/C82H160O17P2/c1-8-10-11-12-13-14-15-16-24-30-35-44-51-58-65-81(86)99-78(70-93-80(85)64-57-50-43-38-37-41-48-55-62-75(7)9-2)72-97-101(90,91)95-68-76(83)67-94-100(88,89)96-71-77(69-92-79(84)63-56-49-42-34-29-26-21-23-28-33-40-47-54-61-74(5)6)98-82(87)66-59-52-45-36-31-25-20-18-17-19-22-27-32-39-46-53-60-73(3)4/h73-78,83H,8-72H2,1-7H3,(H,88,89)(H,90,91)/t75?,76-,77-,78-/m1/s1. The van der Waals surface area contributed by atoms with Crippen molar-refractivity contribution in [3.63, 3.8) is 0 Å². The molecule has 0 aromatic carbocycles. The minimum Gasteiger partial charge on any atom is -0.462 e. The van der Waals surface area contributed by atoms with Crippen molar-refractivity contribution in [3.8, 4) is 0 Å². The predicted octanol–water partition coefficient (Wildman–Crippen LogP) is 24.5. The summed E-state index contributed by atoms with van der Waals surface area (Å²) in [5.74, 6) is 0.270. The van der Waals surface area contributed by atoms with Gasteiger partial charge in [0, 0.05) is 25.7 Å². The molecule has 0 amide bonds. The van der Waals surface area contributed by atoms with E-state index in [1.54, 1.807) is 0 Å². The first-order valence-electron chi connectivity index (χ1n) is 42.4. The molecule has 0 aromatic rings. The third-order valence-electron chi connectivity index (χ3n) is 19.5. The van der Waals surface area contributed by atoms with Gasteiger partial charge in [-0.1, -0.05) is 376 Å². The van der Waals surface area contributed by atoms with Crippen molar-refractivity contribution in [1.82, 2.24) is 0 Å². The number of phosphoric ester groups is 2. The summed E-state index contributed by atoms with van der Waals surface area (Å²) >= 11 is 0. The first-order chi connectivity index (χ1) is 48.8. The maximum atomic E-state index is 13.1. The predicted molar refractivity (Wildman–Crippen MR) is 414 cm³/mol. The lowest BCUT2D eigenvalue weighted by Crippen LogP contribution is -2.30. The highest BCUT2D eigenvalue weighted by Crippen LogP contribution is 2.45. The lowest BCUT2D eigenvalue weighted by atomic mass is 9.99. The second-order valence-electron chi connectivity index (χ2n) is 30.7. The number of phosphoric acid groups is 2. The minimum atomic E-state index is -4.96. The van der Waals surface area contributed by atoms with Crippen LogP contribution in [0, 0.1) is 17.8 Å². The van der Waals surface area contributed by atoms with Crippen molar-refractivity contribution in [2.24, 2.45) is 17.8 Å². The lowest BCUT2D eigenvalue weighted by Gasteiger charge is -2.21. The Morgan fingerprint density at radius 2 is 0.505 bits per heavy atom.